The lowest BCUT2D eigenvalue weighted by Gasteiger charge is -2.14. The summed E-state index contributed by atoms with van der Waals surface area (Å²) in [6, 6.07) is 9.77. The van der Waals surface area contributed by atoms with Crippen molar-refractivity contribution in [3.63, 3.8) is 0 Å². The van der Waals surface area contributed by atoms with E-state index in [9.17, 15) is 9.90 Å². The maximum atomic E-state index is 12.2. The molecule has 170 valence electrons. The average molecular weight is 519 g/mol. The average Bonchev–Trinajstić information content (AvgIpc) is 3.31. The highest BCUT2D eigenvalue weighted by molar-refractivity contribution is 9.10. The maximum absolute atomic E-state index is 12.2. The van der Waals surface area contributed by atoms with Crippen LogP contribution in [0.15, 0.2) is 51.7 Å². The molecule has 2 aliphatic carbocycles. The lowest BCUT2D eigenvalue weighted by atomic mass is 9.97. The molecule has 2 aromatic heterocycles. The summed E-state index contributed by atoms with van der Waals surface area (Å²) in [5.41, 5.74) is 6.31. The fourth-order valence-electron chi connectivity index (χ4n) is 4.67. The van der Waals surface area contributed by atoms with Crippen LogP contribution >= 0.6 is 15.9 Å². The normalized spacial score (nSPS) is 13.6. The zero-order valence-corrected chi connectivity index (χ0v) is 19.7. The number of benzene rings is 1. The molecule has 9 nitrogen and oxygen atoms in total. The summed E-state index contributed by atoms with van der Waals surface area (Å²) >= 11 is 3.80. The van der Waals surface area contributed by atoms with Gasteiger partial charge in [-0.1, -0.05) is 24.3 Å². The van der Waals surface area contributed by atoms with E-state index >= 15 is 0 Å². The molecule has 3 aliphatic rings. The van der Waals surface area contributed by atoms with Gasteiger partial charge in [-0.15, -0.1) is 5.10 Å². The Bertz CT molecular complexity index is 1500. The van der Waals surface area contributed by atoms with Gasteiger partial charge in [0.1, 0.15) is 5.82 Å². The van der Waals surface area contributed by atoms with Crippen molar-refractivity contribution >= 4 is 21.9 Å². The molecular formula is C24H19BrN6O3. The van der Waals surface area contributed by atoms with Gasteiger partial charge in [-0.25, -0.2) is 14.9 Å². The number of carboxylic acids is 1. The van der Waals surface area contributed by atoms with Crippen LogP contribution in [-0.2, 0) is 6.54 Å². The number of nitrogens with one attached hydrogen (secondary N) is 1. The molecule has 3 heterocycles. The van der Waals surface area contributed by atoms with E-state index in [2.05, 4.69) is 41.5 Å². The molecular weight excluding hydrogens is 500 g/mol. The molecule has 34 heavy (non-hydrogen) atoms. The summed E-state index contributed by atoms with van der Waals surface area (Å²) in [6.45, 7) is 2.12. The molecule has 0 saturated heterocycles. The Morgan fingerprint density at radius 1 is 1.21 bits per heavy atom. The number of hydrogen-bond acceptors (Lipinski definition) is 6. The lowest BCUT2D eigenvalue weighted by molar-refractivity contribution is 0.0684. The molecule has 6 rings (SSSR count). The van der Waals surface area contributed by atoms with Gasteiger partial charge < -0.3 is 14.1 Å². The van der Waals surface area contributed by atoms with Crippen LogP contribution in [0.5, 0.6) is 0 Å². The summed E-state index contributed by atoms with van der Waals surface area (Å²) in [5.74, 6) is 0.699. The third-order valence-electron chi connectivity index (χ3n) is 6.30. The van der Waals surface area contributed by atoms with Crippen molar-refractivity contribution in [3.8, 4) is 33.6 Å². The zero-order valence-electron chi connectivity index (χ0n) is 18.1. The molecule has 10 heteroatoms. The van der Waals surface area contributed by atoms with E-state index in [1.54, 1.807) is 19.5 Å². The summed E-state index contributed by atoms with van der Waals surface area (Å²) in [7, 11) is 0. The van der Waals surface area contributed by atoms with Crippen LogP contribution in [0.2, 0.25) is 0 Å². The number of nitrogens with zero attached hydrogens (tertiary/aromatic N) is 5. The number of imidazole rings is 1. The smallest absolute Gasteiger partial charge is 0.354 e. The van der Waals surface area contributed by atoms with Crippen molar-refractivity contribution in [2.45, 2.75) is 32.2 Å². The van der Waals surface area contributed by atoms with E-state index in [4.69, 9.17) is 4.42 Å². The molecule has 0 atom stereocenters. The SMILES string of the molecule is Cc1nc(C2CC2)n(Cc2c3ccocc-3c(Br)c2-c2ccccc2-c2nnn[nH]2)c1C(=O)O. The van der Waals surface area contributed by atoms with E-state index in [1.165, 1.54) is 0 Å². The number of rotatable bonds is 6. The molecule has 0 amide bonds. The predicted molar refractivity (Wildman–Crippen MR) is 127 cm³/mol. The summed E-state index contributed by atoms with van der Waals surface area (Å²) in [4.78, 5) is 16.9. The Morgan fingerprint density at radius 3 is 2.71 bits per heavy atom. The predicted octanol–water partition coefficient (Wildman–Crippen LogP) is 5.12. The Labute approximate surface area is 202 Å². The fourth-order valence-corrected chi connectivity index (χ4v) is 5.43. The van der Waals surface area contributed by atoms with Gasteiger partial charge in [0, 0.05) is 27.1 Å². The number of H-pyrrole nitrogens is 1. The molecule has 0 spiro atoms. The van der Waals surface area contributed by atoms with Crippen LogP contribution in [-0.4, -0.2) is 41.3 Å². The van der Waals surface area contributed by atoms with Gasteiger partial charge in [-0.3, -0.25) is 0 Å². The standard InChI is InChI=1S/C24H19BrN6O3/c1-12-21(24(32)33)31(23(26-12)13-6-7-13)10-17-14-8-9-34-11-18(14)20(25)19(17)15-4-2-3-5-16(15)22-27-29-30-28-22/h2-5,8-9,11,13H,6-7,10H2,1H3,(H,32,33)(H,27,28,29,30). The van der Waals surface area contributed by atoms with Crippen molar-refractivity contribution in [3.05, 3.63) is 70.1 Å². The molecule has 2 N–H and O–H groups in total. The van der Waals surface area contributed by atoms with E-state index in [-0.39, 0.29) is 5.69 Å². The van der Waals surface area contributed by atoms with Crippen LogP contribution < -0.4 is 0 Å². The minimum atomic E-state index is -0.975. The van der Waals surface area contributed by atoms with E-state index in [0.717, 1.165) is 56.5 Å². The minimum Gasteiger partial charge on any atom is -0.477 e. The monoisotopic (exact) mass is 518 g/mol. The van der Waals surface area contributed by atoms with Crippen LogP contribution in [0.3, 0.4) is 0 Å². The van der Waals surface area contributed by atoms with Crippen molar-refractivity contribution in [2.24, 2.45) is 0 Å². The Kier molecular flexibility index (Phi) is 4.84. The number of halogens is 1. The molecule has 0 radical (unpaired) electrons. The quantitative estimate of drug-likeness (QED) is 0.319. The largest absolute Gasteiger partial charge is 0.477 e. The Morgan fingerprint density at radius 2 is 2.00 bits per heavy atom. The van der Waals surface area contributed by atoms with Gasteiger partial charge in [-0.05, 0) is 68.9 Å². The number of hydrogen-bond donors (Lipinski definition) is 2. The van der Waals surface area contributed by atoms with Gasteiger partial charge in [-0.2, -0.15) is 0 Å². The Hall–Kier alpha value is -3.79. The van der Waals surface area contributed by atoms with Gasteiger partial charge in [0.25, 0.3) is 0 Å². The van der Waals surface area contributed by atoms with Gasteiger partial charge in [0.05, 0.1) is 24.8 Å². The summed E-state index contributed by atoms with van der Waals surface area (Å²) < 4.78 is 8.21. The third-order valence-corrected chi connectivity index (χ3v) is 7.13. The van der Waals surface area contributed by atoms with Crippen molar-refractivity contribution in [1.82, 2.24) is 30.2 Å². The maximum Gasteiger partial charge on any atom is 0.354 e. The number of carbonyl (C=O) groups is 1. The second-order valence-corrected chi connectivity index (χ2v) is 9.21. The first-order valence-electron chi connectivity index (χ1n) is 10.8. The van der Waals surface area contributed by atoms with Crippen molar-refractivity contribution < 1.29 is 14.3 Å². The van der Waals surface area contributed by atoms with Gasteiger partial charge in [0.2, 0.25) is 0 Å². The number of fused-ring (bicyclic) bond motifs is 1. The first-order valence-corrected chi connectivity index (χ1v) is 11.6. The van der Waals surface area contributed by atoms with E-state index < -0.39 is 5.97 Å². The Balaban J connectivity index is 1.61. The highest BCUT2D eigenvalue weighted by Gasteiger charge is 2.34. The van der Waals surface area contributed by atoms with Crippen LogP contribution in [0.1, 0.15) is 46.3 Å². The van der Waals surface area contributed by atoms with E-state index in [0.29, 0.717) is 24.0 Å². The molecule has 1 aromatic carbocycles. The van der Waals surface area contributed by atoms with Crippen molar-refractivity contribution in [2.75, 3.05) is 0 Å². The molecule has 0 bridgehead atoms. The topological polar surface area (TPSA) is 123 Å². The number of tetrazole rings is 1. The number of aryl methyl sites for hydroxylation is 1. The second kappa shape index (κ2) is 7.91. The first kappa shape index (κ1) is 20.8. The molecule has 1 fully saturated rings. The number of carboxylic acid groups (broad SMARTS) is 1. The molecule has 1 aliphatic heterocycles. The van der Waals surface area contributed by atoms with Crippen LogP contribution in [0, 0.1) is 6.92 Å². The molecule has 1 saturated carbocycles. The summed E-state index contributed by atoms with van der Waals surface area (Å²) in [5, 5.41) is 24.4. The highest BCUT2D eigenvalue weighted by atomic mass is 79.9. The molecule has 0 unspecified atom stereocenters. The number of aromatic amines is 1. The van der Waals surface area contributed by atoms with Crippen LogP contribution in [0.25, 0.3) is 33.6 Å². The van der Waals surface area contributed by atoms with E-state index in [1.807, 2.05) is 34.9 Å². The third kappa shape index (κ3) is 3.25. The zero-order chi connectivity index (χ0) is 23.4. The minimum absolute atomic E-state index is 0.228. The van der Waals surface area contributed by atoms with Gasteiger partial charge in [0.15, 0.2) is 11.5 Å². The lowest BCUT2D eigenvalue weighted by Crippen LogP contribution is -2.13. The summed E-state index contributed by atoms with van der Waals surface area (Å²) in [6.07, 6.45) is 5.37. The fraction of sp³-hybridized carbons (Fsp3) is 0.208. The van der Waals surface area contributed by atoms with Crippen molar-refractivity contribution in [1.29, 1.82) is 0 Å². The number of aromatic nitrogens is 6. The second-order valence-electron chi connectivity index (χ2n) is 8.42. The molecule has 3 aromatic rings. The van der Waals surface area contributed by atoms with Gasteiger partial charge >= 0.3 is 5.97 Å². The first-order chi connectivity index (χ1) is 16.5. The van der Waals surface area contributed by atoms with Crippen LogP contribution in [0.4, 0.5) is 0 Å². The highest BCUT2D eigenvalue weighted by Crippen LogP contribution is 2.49. The number of aromatic carboxylic acids is 1.